The second-order valence-corrected chi connectivity index (χ2v) is 3.84. The smallest absolute Gasteiger partial charge is 0.252 e. The fourth-order valence-electron chi connectivity index (χ4n) is 1.41. The van der Waals surface area contributed by atoms with Gasteiger partial charge in [0.2, 0.25) is 0 Å². The van der Waals surface area contributed by atoms with Crippen LogP contribution in [0.2, 0.25) is 0 Å². The largest absolute Gasteiger partial charge is 0.382 e. The lowest BCUT2D eigenvalue weighted by Crippen LogP contribution is -2.06. The minimum absolute atomic E-state index is 0.496. The molecule has 0 saturated heterocycles. The van der Waals surface area contributed by atoms with Gasteiger partial charge in [-0.2, -0.15) is 4.98 Å². The Morgan fingerprint density at radius 1 is 1.50 bits per heavy atom. The summed E-state index contributed by atoms with van der Waals surface area (Å²) in [6.07, 6.45) is 5.10. The van der Waals surface area contributed by atoms with Crippen LogP contribution in [-0.2, 0) is 5.60 Å². The SMILES string of the molecule is Cc1cnc2nc(C3(O)CC3)nn2c1. The summed E-state index contributed by atoms with van der Waals surface area (Å²) in [4.78, 5) is 8.30. The van der Waals surface area contributed by atoms with E-state index >= 15 is 0 Å². The van der Waals surface area contributed by atoms with E-state index in [9.17, 15) is 5.11 Å². The van der Waals surface area contributed by atoms with Gasteiger partial charge in [-0.25, -0.2) is 9.50 Å². The third-order valence-electron chi connectivity index (χ3n) is 2.46. The first-order valence-electron chi connectivity index (χ1n) is 4.59. The highest BCUT2D eigenvalue weighted by Gasteiger charge is 2.46. The monoisotopic (exact) mass is 190 g/mol. The number of rotatable bonds is 1. The van der Waals surface area contributed by atoms with Gasteiger partial charge >= 0.3 is 0 Å². The number of aryl methyl sites for hydroxylation is 1. The highest BCUT2D eigenvalue weighted by atomic mass is 16.3. The van der Waals surface area contributed by atoms with Crippen LogP contribution in [0.5, 0.6) is 0 Å². The van der Waals surface area contributed by atoms with Crippen molar-refractivity contribution in [3.8, 4) is 0 Å². The van der Waals surface area contributed by atoms with Crippen LogP contribution in [0, 0.1) is 6.92 Å². The molecule has 3 rings (SSSR count). The number of fused-ring (bicyclic) bond motifs is 1. The van der Waals surface area contributed by atoms with Gasteiger partial charge in [0, 0.05) is 12.4 Å². The molecular weight excluding hydrogens is 180 g/mol. The van der Waals surface area contributed by atoms with Gasteiger partial charge in [0.15, 0.2) is 5.82 Å². The van der Waals surface area contributed by atoms with E-state index < -0.39 is 5.60 Å². The minimum Gasteiger partial charge on any atom is -0.382 e. The molecule has 0 radical (unpaired) electrons. The molecule has 2 aromatic rings. The molecule has 0 aliphatic heterocycles. The van der Waals surface area contributed by atoms with Crippen molar-refractivity contribution in [2.24, 2.45) is 0 Å². The number of nitrogens with zero attached hydrogens (tertiary/aromatic N) is 4. The van der Waals surface area contributed by atoms with Crippen molar-refractivity contribution in [3.05, 3.63) is 23.8 Å². The highest BCUT2D eigenvalue weighted by Crippen LogP contribution is 2.43. The zero-order valence-corrected chi connectivity index (χ0v) is 7.80. The quantitative estimate of drug-likeness (QED) is 0.707. The molecule has 0 spiro atoms. The number of aromatic nitrogens is 4. The summed E-state index contributed by atoms with van der Waals surface area (Å²) in [6, 6.07) is 0. The summed E-state index contributed by atoms with van der Waals surface area (Å²) in [5.74, 6) is 1.04. The maximum Gasteiger partial charge on any atom is 0.252 e. The molecule has 14 heavy (non-hydrogen) atoms. The van der Waals surface area contributed by atoms with Crippen molar-refractivity contribution in [1.82, 2.24) is 19.6 Å². The molecule has 1 aliphatic rings. The van der Waals surface area contributed by atoms with Crippen molar-refractivity contribution in [3.63, 3.8) is 0 Å². The number of hydrogen-bond acceptors (Lipinski definition) is 4. The van der Waals surface area contributed by atoms with Crippen LogP contribution in [-0.4, -0.2) is 24.7 Å². The van der Waals surface area contributed by atoms with Crippen molar-refractivity contribution in [1.29, 1.82) is 0 Å². The second-order valence-electron chi connectivity index (χ2n) is 3.84. The molecule has 0 unspecified atom stereocenters. The van der Waals surface area contributed by atoms with Crippen LogP contribution < -0.4 is 0 Å². The number of aliphatic hydroxyl groups is 1. The summed E-state index contributed by atoms with van der Waals surface area (Å²) in [5, 5.41) is 14.0. The molecule has 1 fully saturated rings. The Morgan fingerprint density at radius 3 is 3.00 bits per heavy atom. The molecule has 1 saturated carbocycles. The van der Waals surface area contributed by atoms with Gasteiger partial charge in [0.05, 0.1) is 0 Å². The van der Waals surface area contributed by atoms with E-state index in [0.717, 1.165) is 18.4 Å². The van der Waals surface area contributed by atoms with Gasteiger partial charge < -0.3 is 5.11 Å². The lowest BCUT2D eigenvalue weighted by Gasteiger charge is -1.97. The van der Waals surface area contributed by atoms with E-state index in [2.05, 4.69) is 15.1 Å². The van der Waals surface area contributed by atoms with Gasteiger partial charge in [0.25, 0.3) is 5.78 Å². The molecule has 1 aliphatic carbocycles. The van der Waals surface area contributed by atoms with E-state index in [-0.39, 0.29) is 0 Å². The van der Waals surface area contributed by atoms with E-state index in [4.69, 9.17) is 0 Å². The third-order valence-corrected chi connectivity index (χ3v) is 2.46. The first-order valence-corrected chi connectivity index (χ1v) is 4.59. The lowest BCUT2D eigenvalue weighted by atomic mass is 10.3. The fraction of sp³-hybridized carbons (Fsp3) is 0.444. The van der Waals surface area contributed by atoms with Crippen molar-refractivity contribution >= 4 is 5.78 Å². The predicted octanol–water partition coefficient (Wildman–Crippen LogP) is 0.414. The van der Waals surface area contributed by atoms with Crippen LogP contribution in [0.1, 0.15) is 24.2 Å². The molecule has 2 aromatic heterocycles. The van der Waals surface area contributed by atoms with Crippen molar-refractivity contribution in [2.45, 2.75) is 25.4 Å². The molecular formula is C9H10N4O. The standard InChI is InChI=1S/C9H10N4O/c1-6-4-10-8-11-7(9(14)2-3-9)12-13(8)5-6/h4-5,14H,2-3H2,1H3. The zero-order valence-electron chi connectivity index (χ0n) is 7.80. The fourth-order valence-corrected chi connectivity index (χ4v) is 1.41. The maximum atomic E-state index is 9.80. The van der Waals surface area contributed by atoms with E-state index in [0.29, 0.717) is 11.6 Å². The molecule has 0 atom stereocenters. The Kier molecular flexibility index (Phi) is 1.29. The van der Waals surface area contributed by atoms with E-state index in [1.807, 2.05) is 13.1 Å². The Labute approximate surface area is 80.4 Å². The third kappa shape index (κ3) is 1.02. The first kappa shape index (κ1) is 7.87. The van der Waals surface area contributed by atoms with Crippen LogP contribution in [0.4, 0.5) is 0 Å². The Balaban J connectivity index is 2.20. The summed E-state index contributed by atoms with van der Waals surface area (Å²) in [6.45, 7) is 1.94. The molecule has 2 heterocycles. The molecule has 1 N–H and O–H groups in total. The average molecular weight is 190 g/mol. The average Bonchev–Trinajstić information content (AvgIpc) is 2.77. The molecule has 5 nitrogen and oxygen atoms in total. The topological polar surface area (TPSA) is 63.3 Å². The van der Waals surface area contributed by atoms with Crippen molar-refractivity contribution < 1.29 is 5.11 Å². The van der Waals surface area contributed by atoms with Crippen LogP contribution in [0.3, 0.4) is 0 Å². The summed E-state index contributed by atoms with van der Waals surface area (Å²) < 4.78 is 1.61. The van der Waals surface area contributed by atoms with Crippen LogP contribution >= 0.6 is 0 Å². The maximum absolute atomic E-state index is 9.80. The van der Waals surface area contributed by atoms with Crippen molar-refractivity contribution in [2.75, 3.05) is 0 Å². The summed E-state index contributed by atoms with van der Waals surface area (Å²) in [5.41, 5.74) is 0.249. The Hall–Kier alpha value is -1.49. The minimum atomic E-state index is -0.776. The van der Waals surface area contributed by atoms with E-state index in [1.54, 1.807) is 10.7 Å². The molecule has 0 aromatic carbocycles. The van der Waals surface area contributed by atoms with Gasteiger partial charge in [0.1, 0.15) is 5.60 Å². The number of hydrogen-bond donors (Lipinski definition) is 1. The highest BCUT2D eigenvalue weighted by molar-refractivity contribution is 5.29. The zero-order chi connectivity index (χ0) is 9.76. The second kappa shape index (κ2) is 2.30. The molecule has 0 amide bonds. The Morgan fingerprint density at radius 2 is 2.29 bits per heavy atom. The molecule has 0 bridgehead atoms. The first-order chi connectivity index (χ1) is 6.67. The van der Waals surface area contributed by atoms with Gasteiger partial charge in [-0.05, 0) is 25.3 Å². The molecule has 5 heteroatoms. The normalized spacial score (nSPS) is 18.7. The van der Waals surface area contributed by atoms with Gasteiger partial charge in [-0.1, -0.05) is 0 Å². The Bertz CT molecular complexity index is 500. The van der Waals surface area contributed by atoms with Crippen LogP contribution in [0.15, 0.2) is 12.4 Å². The van der Waals surface area contributed by atoms with Gasteiger partial charge in [-0.3, -0.25) is 0 Å². The van der Waals surface area contributed by atoms with Gasteiger partial charge in [-0.15, -0.1) is 5.10 Å². The molecule has 72 valence electrons. The summed E-state index contributed by atoms with van der Waals surface area (Å²) >= 11 is 0. The lowest BCUT2D eigenvalue weighted by molar-refractivity contribution is 0.141. The predicted molar refractivity (Wildman–Crippen MR) is 48.6 cm³/mol. The van der Waals surface area contributed by atoms with E-state index in [1.165, 1.54) is 0 Å². The summed E-state index contributed by atoms with van der Waals surface area (Å²) in [7, 11) is 0. The van der Waals surface area contributed by atoms with Crippen LogP contribution in [0.25, 0.3) is 5.78 Å².